The first kappa shape index (κ1) is 14.0. The summed E-state index contributed by atoms with van der Waals surface area (Å²) in [6.07, 6.45) is 4.88. The van der Waals surface area contributed by atoms with Gasteiger partial charge in [0, 0.05) is 32.1 Å². The van der Waals surface area contributed by atoms with E-state index < -0.39 is 0 Å². The average Bonchev–Trinajstić information content (AvgIpc) is 3.23. The van der Waals surface area contributed by atoms with Crippen molar-refractivity contribution in [2.24, 2.45) is 16.8 Å². The number of amides is 2. The lowest BCUT2D eigenvalue weighted by atomic mass is 10.0. The molecule has 1 saturated carbocycles. The van der Waals surface area contributed by atoms with E-state index in [0.717, 1.165) is 32.4 Å². The Kier molecular flexibility index (Phi) is 4.50. The van der Waals surface area contributed by atoms with E-state index in [1.54, 1.807) is 0 Å². The van der Waals surface area contributed by atoms with E-state index in [0.29, 0.717) is 24.9 Å². The number of hydrogen-bond donors (Lipinski definition) is 2. The van der Waals surface area contributed by atoms with Crippen molar-refractivity contribution in [1.29, 1.82) is 0 Å². The molecule has 6 nitrogen and oxygen atoms in total. The van der Waals surface area contributed by atoms with Gasteiger partial charge in [-0.25, -0.2) is 4.79 Å². The third kappa shape index (κ3) is 3.75. The van der Waals surface area contributed by atoms with Crippen LogP contribution in [0.1, 0.15) is 39.0 Å². The molecule has 3 N–H and O–H groups in total. The van der Waals surface area contributed by atoms with Crippen molar-refractivity contribution >= 4 is 11.9 Å². The predicted octanol–water partition coefficient (Wildman–Crippen LogP) is 1.44. The highest BCUT2D eigenvalue weighted by Gasteiger charge is 2.35. The summed E-state index contributed by atoms with van der Waals surface area (Å²) in [5.74, 6) is 0.772. The summed E-state index contributed by atoms with van der Waals surface area (Å²) in [6, 6.07) is 0.482. The minimum absolute atomic E-state index is 0.125. The van der Waals surface area contributed by atoms with Gasteiger partial charge in [0.15, 0.2) is 0 Å². The molecule has 6 heteroatoms. The van der Waals surface area contributed by atoms with E-state index in [9.17, 15) is 4.79 Å². The second-order valence-corrected chi connectivity index (χ2v) is 5.74. The second-order valence-electron chi connectivity index (χ2n) is 5.74. The number of amidine groups is 1. The maximum atomic E-state index is 12.5. The molecule has 2 aliphatic rings. The molecule has 2 fully saturated rings. The molecule has 19 heavy (non-hydrogen) atoms. The molecule has 0 aromatic carbocycles. The number of oxime groups is 1. The normalized spacial score (nSPS) is 24.4. The number of rotatable bonds is 4. The number of hydrogen-bond acceptors (Lipinski definition) is 3. The van der Waals surface area contributed by atoms with Crippen molar-refractivity contribution in [3.05, 3.63) is 0 Å². The molecule has 2 amide bonds. The Morgan fingerprint density at radius 3 is 2.79 bits per heavy atom. The lowest BCUT2D eigenvalue weighted by molar-refractivity contribution is 0.129. The highest BCUT2D eigenvalue weighted by atomic mass is 16.4. The molecule has 2 rings (SSSR count). The van der Waals surface area contributed by atoms with E-state index >= 15 is 0 Å². The number of urea groups is 1. The zero-order valence-corrected chi connectivity index (χ0v) is 11.6. The Morgan fingerprint density at radius 2 is 2.21 bits per heavy atom. The highest BCUT2D eigenvalue weighted by Crippen LogP contribution is 2.29. The molecule has 1 aliphatic carbocycles. The number of nitrogens with zero attached hydrogens (tertiary/aromatic N) is 3. The average molecular weight is 268 g/mol. The Hall–Kier alpha value is -1.46. The van der Waals surface area contributed by atoms with Crippen LogP contribution >= 0.6 is 0 Å². The topological polar surface area (TPSA) is 82.2 Å². The number of carbonyl (C=O) groups excluding carboxylic acids is 1. The summed E-state index contributed by atoms with van der Waals surface area (Å²) in [5, 5.41) is 11.5. The zero-order chi connectivity index (χ0) is 13.8. The summed E-state index contributed by atoms with van der Waals surface area (Å²) in [5.41, 5.74) is 5.49. The van der Waals surface area contributed by atoms with Crippen LogP contribution in [0.5, 0.6) is 0 Å². The zero-order valence-electron chi connectivity index (χ0n) is 11.6. The van der Waals surface area contributed by atoms with Gasteiger partial charge in [0.2, 0.25) is 0 Å². The van der Waals surface area contributed by atoms with Gasteiger partial charge in [0.1, 0.15) is 5.84 Å². The molecule has 1 aliphatic heterocycles. The highest BCUT2D eigenvalue weighted by molar-refractivity contribution is 5.81. The van der Waals surface area contributed by atoms with Gasteiger partial charge < -0.3 is 20.7 Å². The quantitative estimate of drug-likeness (QED) is 0.350. The summed E-state index contributed by atoms with van der Waals surface area (Å²) < 4.78 is 0. The van der Waals surface area contributed by atoms with Crippen molar-refractivity contribution in [3.8, 4) is 0 Å². The fourth-order valence-corrected chi connectivity index (χ4v) is 2.65. The van der Waals surface area contributed by atoms with Crippen LogP contribution in [0.3, 0.4) is 0 Å². The molecule has 0 bridgehead atoms. The van der Waals surface area contributed by atoms with Gasteiger partial charge in [-0.15, -0.1) is 0 Å². The fourth-order valence-electron chi connectivity index (χ4n) is 2.65. The molecule has 0 spiro atoms. The number of likely N-dealkylation sites (tertiary alicyclic amines) is 1. The SMILES string of the molecule is CC1CCCN(C(=O)N(CCC(N)=NO)C2CC2)C1. The van der Waals surface area contributed by atoms with Gasteiger partial charge in [-0.2, -0.15) is 0 Å². The van der Waals surface area contributed by atoms with Crippen LogP contribution in [0.25, 0.3) is 0 Å². The number of carbonyl (C=O) groups is 1. The van der Waals surface area contributed by atoms with Crippen molar-refractivity contribution in [2.45, 2.75) is 45.1 Å². The monoisotopic (exact) mass is 268 g/mol. The molecule has 0 radical (unpaired) electrons. The largest absolute Gasteiger partial charge is 0.409 e. The molecular weight excluding hydrogens is 244 g/mol. The van der Waals surface area contributed by atoms with Crippen molar-refractivity contribution in [1.82, 2.24) is 9.80 Å². The summed E-state index contributed by atoms with van der Waals surface area (Å²) in [7, 11) is 0. The first-order valence-electron chi connectivity index (χ1n) is 7.13. The van der Waals surface area contributed by atoms with Crippen LogP contribution < -0.4 is 5.73 Å². The molecule has 1 atom stereocenters. The van der Waals surface area contributed by atoms with Gasteiger partial charge in [-0.3, -0.25) is 0 Å². The summed E-state index contributed by atoms with van der Waals surface area (Å²) in [6.45, 7) is 4.45. The molecule has 0 aromatic rings. The first-order valence-corrected chi connectivity index (χ1v) is 7.13. The Morgan fingerprint density at radius 1 is 1.47 bits per heavy atom. The molecule has 1 heterocycles. The molecular formula is C13H24N4O2. The Bertz CT molecular complexity index is 355. The van der Waals surface area contributed by atoms with Gasteiger partial charge >= 0.3 is 6.03 Å². The Balaban J connectivity index is 1.92. The van der Waals surface area contributed by atoms with Crippen LogP contribution in [-0.2, 0) is 0 Å². The minimum Gasteiger partial charge on any atom is -0.409 e. The standard InChI is InChI=1S/C13H24N4O2/c1-10-3-2-7-16(9-10)13(18)17(11-4-5-11)8-6-12(14)15-19/h10-11,19H,2-9H2,1H3,(H2,14,15). The van der Waals surface area contributed by atoms with Gasteiger partial charge in [-0.05, 0) is 31.6 Å². The van der Waals surface area contributed by atoms with Crippen LogP contribution in [0.4, 0.5) is 4.79 Å². The smallest absolute Gasteiger partial charge is 0.320 e. The molecule has 1 saturated heterocycles. The molecule has 108 valence electrons. The lowest BCUT2D eigenvalue weighted by Crippen LogP contribution is -2.48. The maximum absolute atomic E-state index is 12.5. The van der Waals surface area contributed by atoms with Gasteiger partial charge in [0.05, 0.1) is 0 Å². The van der Waals surface area contributed by atoms with Gasteiger partial charge in [-0.1, -0.05) is 12.1 Å². The van der Waals surface area contributed by atoms with Crippen LogP contribution in [0.15, 0.2) is 5.16 Å². The first-order chi connectivity index (χ1) is 9.11. The van der Waals surface area contributed by atoms with Crippen LogP contribution in [0, 0.1) is 5.92 Å². The number of nitrogens with two attached hydrogens (primary N) is 1. The van der Waals surface area contributed by atoms with E-state index in [4.69, 9.17) is 10.9 Å². The lowest BCUT2D eigenvalue weighted by Gasteiger charge is -2.35. The predicted molar refractivity (Wildman–Crippen MR) is 73.1 cm³/mol. The van der Waals surface area contributed by atoms with E-state index in [2.05, 4.69) is 12.1 Å². The van der Waals surface area contributed by atoms with Crippen LogP contribution in [0.2, 0.25) is 0 Å². The van der Waals surface area contributed by atoms with Crippen molar-refractivity contribution in [2.75, 3.05) is 19.6 Å². The summed E-state index contributed by atoms with van der Waals surface area (Å²) >= 11 is 0. The third-order valence-corrected chi connectivity index (χ3v) is 3.90. The van der Waals surface area contributed by atoms with E-state index in [1.165, 1.54) is 6.42 Å². The minimum atomic E-state index is 0.125. The second kappa shape index (κ2) is 6.12. The third-order valence-electron chi connectivity index (χ3n) is 3.90. The Labute approximate surface area is 114 Å². The van der Waals surface area contributed by atoms with Crippen LogP contribution in [-0.4, -0.2) is 52.5 Å². The van der Waals surface area contributed by atoms with Gasteiger partial charge in [0.25, 0.3) is 0 Å². The van der Waals surface area contributed by atoms with Crippen molar-refractivity contribution < 1.29 is 10.0 Å². The van der Waals surface area contributed by atoms with Crippen molar-refractivity contribution in [3.63, 3.8) is 0 Å². The van der Waals surface area contributed by atoms with E-state index in [-0.39, 0.29) is 11.9 Å². The maximum Gasteiger partial charge on any atom is 0.320 e. The fraction of sp³-hybridized carbons (Fsp3) is 0.846. The molecule has 1 unspecified atom stereocenters. The van der Waals surface area contributed by atoms with E-state index in [1.807, 2.05) is 9.80 Å². The molecule has 0 aromatic heterocycles. The number of piperidine rings is 1. The summed E-state index contributed by atoms with van der Waals surface area (Å²) in [4.78, 5) is 16.4.